The Morgan fingerprint density at radius 3 is 2.09 bits per heavy atom. The predicted molar refractivity (Wildman–Crippen MR) is 142 cm³/mol. The second-order valence-corrected chi connectivity index (χ2v) is 9.68. The molecule has 2 heterocycles. The molecule has 0 unspecified atom stereocenters. The van der Waals surface area contributed by atoms with Crippen LogP contribution in [0.15, 0.2) is 96.6 Å². The van der Waals surface area contributed by atoms with Crippen LogP contribution in [-0.2, 0) is 0 Å². The zero-order chi connectivity index (χ0) is 24.2. The Hall–Kier alpha value is -3.28. The van der Waals surface area contributed by atoms with Crippen molar-refractivity contribution in [2.24, 2.45) is 0 Å². The summed E-state index contributed by atoms with van der Waals surface area (Å²) in [4.78, 5) is 6.48. The number of aromatic nitrogens is 1. The van der Waals surface area contributed by atoms with Gasteiger partial charge < -0.3 is 4.90 Å². The molecule has 0 saturated carbocycles. The average molecular weight is 505 g/mol. The van der Waals surface area contributed by atoms with Crippen LogP contribution < -0.4 is 4.90 Å². The van der Waals surface area contributed by atoms with Crippen molar-refractivity contribution >= 4 is 44.4 Å². The van der Waals surface area contributed by atoms with E-state index in [1.54, 1.807) is 23.7 Å². The molecule has 0 fully saturated rings. The van der Waals surface area contributed by atoms with E-state index in [4.69, 9.17) is 11.6 Å². The van der Waals surface area contributed by atoms with Gasteiger partial charge in [0.05, 0.1) is 15.4 Å². The Kier molecular flexibility index (Phi) is 7.07. The fraction of sp³-hybridized carbons (Fsp3) is 0.138. The summed E-state index contributed by atoms with van der Waals surface area (Å²) in [6.45, 7) is 0.765. The number of rotatable bonds is 8. The van der Waals surface area contributed by atoms with Crippen LogP contribution in [0, 0.1) is 11.6 Å². The first kappa shape index (κ1) is 23.5. The third-order valence-corrected chi connectivity index (χ3v) is 7.66. The molecule has 0 bridgehead atoms. The Morgan fingerprint density at radius 1 is 0.829 bits per heavy atom. The van der Waals surface area contributed by atoms with E-state index < -0.39 is 0 Å². The molecule has 2 aromatic heterocycles. The third kappa shape index (κ3) is 5.21. The molecule has 0 saturated heterocycles. The zero-order valence-corrected chi connectivity index (χ0v) is 20.4. The minimum absolute atomic E-state index is 0.0316. The molecule has 176 valence electrons. The lowest BCUT2D eigenvalue weighted by atomic mass is 9.87. The van der Waals surface area contributed by atoms with Gasteiger partial charge in [-0.2, -0.15) is 0 Å². The number of halogens is 3. The molecule has 3 aromatic carbocycles. The van der Waals surface area contributed by atoms with E-state index in [-0.39, 0.29) is 17.6 Å². The minimum atomic E-state index is -0.265. The monoisotopic (exact) mass is 504 g/mol. The number of benzene rings is 3. The summed E-state index contributed by atoms with van der Waals surface area (Å²) in [7, 11) is 0. The van der Waals surface area contributed by atoms with Crippen molar-refractivity contribution in [1.29, 1.82) is 0 Å². The molecule has 5 rings (SSSR count). The molecule has 0 N–H and O–H groups in total. The van der Waals surface area contributed by atoms with Crippen molar-refractivity contribution < 1.29 is 8.78 Å². The van der Waals surface area contributed by atoms with Crippen LogP contribution in [-0.4, -0.2) is 11.5 Å². The first-order valence-corrected chi connectivity index (χ1v) is 12.7. The van der Waals surface area contributed by atoms with Crippen molar-refractivity contribution in [3.63, 3.8) is 0 Å². The van der Waals surface area contributed by atoms with E-state index in [2.05, 4.69) is 21.3 Å². The molecule has 0 aliphatic heterocycles. The fourth-order valence-corrected chi connectivity index (χ4v) is 5.77. The van der Waals surface area contributed by atoms with Crippen LogP contribution in [0.5, 0.6) is 0 Å². The van der Waals surface area contributed by atoms with Gasteiger partial charge in [0.1, 0.15) is 11.6 Å². The summed E-state index contributed by atoms with van der Waals surface area (Å²) in [5, 5.41) is 4.02. The molecule has 6 heteroatoms. The van der Waals surface area contributed by atoms with E-state index in [1.807, 2.05) is 48.5 Å². The highest BCUT2D eigenvalue weighted by molar-refractivity contribution is 7.18. The molecule has 2 nitrogen and oxygen atoms in total. The van der Waals surface area contributed by atoms with Crippen molar-refractivity contribution in [3.8, 4) is 0 Å². The van der Waals surface area contributed by atoms with Crippen LogP contribution in [0.2, 0.25) is 5.02 Å². The van der Waals surface area contributed by atoms with Gasteiger partial charge in [-0.1, -0.05) is 48.0 Å². The highest BCUT2D eigenvalue weighted by atomic mass is 35.5. The van der Waals surface area contributed by atoms with Gasteiger partial charge in [-0.3, -0.25) is 4.98 Å². The van der Waals surface area contributed by atoms with Gasteiger partial charge in [-0.15, -0.1) is 11.3 Å². The Labute approximate surface area is 212 Å². The second kappa shape index (κ2) is 10.5. The maximum absolute atomic E-state index is 13.6. The highest BCUT2D eigenvalue weighted by Crippen LogP contribution is 2.40. The Balaban J connectivity index is 1.44. The van der Waals surface area contributed by atoms with E-state index >= 15 is 0 Å². The van der Waals surface area contributed by atoms with Crippen LogP contribution in [0.4, 0.5) is 20.2 Å². The van der Waals surface area contributed by atoms with Crippen LogP contribution in [0.1, 0.15) is 29.9 Å². The van der Waals surface area contributed by atoms with E-state index in [1.165, 1.54) is 24.3 Å². The minimum Gasteiger partial charge on any atom is -0.340 e. The van der Waals surface area contributed by atoms with Gasteiger partial charge in [0.15, 0.2) is 0 Å². The van der Waals surface area contributed by atoms with Gasteiger partial charge in [-0.25, -0.2) is 8.78 Å². The first-order valence-electron chi connectivity index (χ1n) is 11.4. The quantitative estimate of drug-likeness (QED) is 0.209. The Bertz CT molecular complexity index is 1360. The molecule has 0 atom stereocenters. The van der Waals surface area contributed by atoms with Gasteiger partial charge in [0, 0.05) is 41.3 Å². The molecule has 0 amide bonds. The van der Waals surface area contributed by atoms with Crippen molar-refractivity contribution in [1.82, 2.24) is 4.98 Å². The standard InChI is InChI=1S/C29H23ClF2N2S/c30-27-5-1-3-26-28(19-35-29(26)27)34(24-14-16-33-17-15-24)18-2-4-25(20-6-10-22(31)11-7-20)21-8-12-23(32)13-9-21/h1,3,5-17,19,25H,2,4,18H2. The van der Waals surface area contributed by atoms with E-state index in [9.17, 15) is 8.78 Å². The maximum Gasteiger partial charge on any atom is 0.123 e. The van der Waals surface area contributed by atoms with E-state index in [0.717, 1.165) is 57.0 Å². The molecular formula is C29H23ClF2N2S. The van der Waals surface area contributed by atoms with Crippen LogP contribution in [0.25, 0.3) is 10.1 Å². The lowest BCUT2D eigenvalue weighted by Crippen LogP contribution is -2.19. The zero-order valence-electron chi connectivity index (χ0n) is 18.9. The lowest BCUT2D eigenvalue weighted by molar-refractivity contribution is 0.618. The molecule has 0 aliphatic carbocycles. The van der Waals surface area contributed by atoms with Crippen molar-refractivity contribution in [2.75, 3.05) is 11.4 Å². The summed E-state index contributed by atoms with van der Waals surface area (Å²) >= 11 is 8.09. The van der Waals surface area contributed by atoms with Gasteiger partial charge in [0.25, 0.3) is 0 Å². The number of fused-ring (bicyclic) bond motifs is 1. The van der Waals surface area contributed by atoms with Crippen molar-refractivity contribution in [2.45, 2.75) is 18.8 Å². The maximum atomic E-state index is 13.6. The first-order chi connectivity index (χ1) is 17.1. The van der Waals surface area contributed by atoms with E-state index in [0.29, 0.717) is 0 Å². The average Bonchev–Trinajstić information content (AvgIpc) is 3.31. The summed E-state index contributed by atoms with van der Waals surface area (Å²) in [5.74, 6) is -0.499. The SMILES string of the molecule is Fc1ccc(C(CCCN(c2ccncc2)c2csc3c(Cl)cccc23)c2ccc(F)cc2)cc1. The summed E-state index contributed by atoms with van der Waals surface area (Å²) < 4.78 is 28.3. The number of hydrogen-bond donors (Lipinski definition) is 0. The van der Waals surface area contributed by atoms with Crippen molar-refractivity contribution in [3.05, 3.63) is 124 Å². The molecule has 0 spiro atoms. The normalized spacial score (nSPS) is 11.3. The Morgan fingerprint density at radius 2 is 1.46 bits per heavy atom. The fourth-order valence-electron chi connectivity index (χ4n) is 4.50. The topological polar surface area (TPSA) is 16.1 Å². The number of nitrogens with zero attached hydrogens (tertiary/aromatic N) is 2. The summed E-state index contributed by atoms with van der Waals surface area (Å²) in [6.07, 6.45) is 5.27. The number of pyridine rings is 1. The summed E-state index contributed by atoms with van der Waals surface area (Å²) in [6, 6.07) is 23.2. The van der Waals surface area contributed by atoms with Gasteiger partial charge in [0.2, 0.25) is 0 Å². The van der Waals surface area contributed by atoms with Gasteiger partial charge in [-0.05, 0) is 66.4 Å². The molecular weight excluding hydrogens is 482 g/mol. The summed E-state index contributed by atoms with van der Waals surface area (Å²) in [5.41, 5.74) is 4.20. The highest BCUT2D eigenvalue weighted by Gasteiger charge is 2.19. The number of anilines is 2. The number of hydrogen-bond acceptors (Lipinski definition) is 3. The smallest absolute Gasteiger partial charge is 0.123 e. The molecule has 0 radical (unpaired) electrons. The third-order valence-electron chi connectivity index (χ3n) is 6.22. The van der Waals surface area contributed by atoms with Crippen LogP contribution in [0.3, 0.4) is 0 Å². The molecule has 35 heavy (non-hydrogen) atoms. The van der Waals surface area contributed by atoms with Crippen LogP contribution >= 0.6 is 22.9 Å². The second-order valence-electron chi connectivity index (χ2n) is 8.39. The largest absolute Gasteiger partial charge is 0.340 e. The lowest BCUT2D eigenvalue weighted by Gasteiger charge is -2.26. The predicted octanol–water partition coefficient (Wildman–Crippen LogP) is 8.98. The van der Waals surface area contributed by atoms with Gasteiger partial charge >= 0.3 is 0 Å². The molecule has 0 aliphatic rings. The number of thiophene rings is 1. The molecule has 5 aromatic rings.